The van der Waals surface area contributed by atoms with Gasteiger partial charge in [-0.15, -0.1) is 0 Å². The molecule has 10 heteroatoms. The third kappa shape index (κ3) is 3.49. The molecule has 0 saturated carbocycles. The lowest BCUT2D eigenvalue weighted by Crippen LogP contribution is -2.09. The van der Waals surface area contributed by atoms with E-state index in [-0.39, 0.29) is 22.3 Å². The van der Waals surface area contributed by atoms with Crippen LogP contribution in [0.3, 0.4) is 0 Å². The largest absolute Gasteiger partial charge is 0.424 e. The number of aromatic nitrogens is 4. The SMILES string of the molecule is FC(F)(Cl)c1ncc2c(Oc3ncc(Br)cn3)ccc(Cl)c2n1. The summed E-state index contributed by atoms with van der Waals surface area (Å²) in [4.78, 5) is 15.2. The molecule has 0 aliphatic rings. The van der Waals surface area contributed by atoms with Gasteiger partial charge in [-0.3, -0.25) is 0 Å². The number of hydrogen-bond acceptors (Lipinski definition) is 5. The first-order valence-electron chi connectivity index (χ1n) is 6.02. The first kappa shape index (κ1) is 16.2. The van der Waals surface area contributed by atoms with Crippen molar-refractivity contribution in [3.05, 3.63) is 46.0 Å². The fraction of sp³-hybridized carbons (Fsp3) is 0.0769. The highest BCUT2D eigenvalue weighted by Gasteiger charge is 2.32. The van der Waals surface area contributed by atoms with E-state index in [1.807, 2.05) is 0 Å². The summed E-state index contributed by atoms with van der Waals surface area (Å²) in [7, 11) is 0. The fourth-order valence-corrected chi connectivity index (χ4v) is 2.24. The Labute approximate surface area is 146 Å². The Bertz CT molecular complexity index is 874. The first-order chi connectivity index (χ1) is 10.8. The molecule has 0 spiro atoms. The smallest absolute Gasteiger partial charge is 0.381 e. The molecular weight excluding hydrogens is 417 g/mol. The van der Waals surface area contributed by atoms with Gasteiger partial charge < -0.3 is 4.74 Å². The van der Waals surface area contributed by atoms with Gasteiger partial charge in [0.25, 0.3) is 0 Å². The zero-order valence-corrected chi connectivity index (χ0v) is 14.1. The van der Waals surface area contributed by atoms with Crippen molar-refractivity contribution in [3.63, 3.8) is 0 Å². The highest BCUT2D eigenvalue weighted by Crippen LogP contribution is 2.35. The molecule has 3 aromatic rings. The molecule has 0 atom stereocenters. The number of rotatable bonds is 3. The number of halogens is 5. The zero-order valence-electron chi connectivity index (χ0n) is 11.0. The van der Waals surface area contributed by atoms with Crippen LogP contribution < -0.4 is 4.74 Å². The summed E-state index contributed by atoms with van der Waals surface area (Å²) in [6.45, 7) is 0. The molecule has 0 amide bonds. The van der Waals surface area contributed by atoms with Crippen molar-refractivity contribution in [1.29, 1.82) is 0 Å². The number of ether oxygens (including phenoxy) is 1. The van der Waals surface area contributed by atoms with Crippen molar-refractivity contribution < 1.29 is 13.5 Å². The van der Waals surface area contributed by atoms with Crippen molar-refractivity contribution >= 4 is 50.0 Å². The van der Waals surface area contributed by atoms with E-state index in [4.69, 9.17) is 27.9 Å². The minimum atomic E-state index is -3.69. The predicted molar refractivity (Wildman–Crippen MR) is 84.1 cm³/mol. The maximum absolute atomic E-state index is 13.1. The number of benzene rings is 1. The summed E-state index contributed by atoms with van der Waals surface area (Å²) in [5, 5.41) is -3.20. The fourth-order valence-electron chi connectivity index (χ4n) is 1.74. The summed E-state index contributed by atoms with van der Waals surface area (Å²) >= 11 is 14.1. The molecule has 23 heavy (non-hydrogen) atoms. The van der Waals surface area contributed by atoms with E-state index in [9.17, 15) is 8.78 Å². The van der Waals surface area contributed by atoms with E-state index >= 15 is 0 Å². The zero-order chi connectivity index (χ0) is 16.6. The van der Waals surface area contributed by atoms with Crippen LogP contribution in [-0.2, 0) is 5.38 Å². The van der Waals surface area contributed by atoms with Gasteiger partial charge >= 0.3 is 11.4 Å². The second-order valence-corrected chi connectivity index (χ2v) is 6.08. The highest BCUT2D eigenvalue weighted by atomic mass is 79.9. The number of nitrogens with zero attached hydrogens (tertiary/aromatic N) is 4. The van der Waals surface area contributed by atoms with E-state index in [0.717, 1.165) is 6.20 Å². The van der Waals surface area contributed by atoms with Crippen LogP contribution in [-0.4, -0.2) is 19.9 Å². The molecule has 0 radical (unpaired) electrons. The molecule has 0 bridgehead atoms. The molecule has 0 N–H and O–H groups in total. The Morgan fingerprint density at radius 2 is 1.78 bits per heavy atom. The average molecular weight is 422 g/mol. The van der Waals surface area contributed by atoms with Crippen molar-refractivity contribution in [2.45, 2.75) is 5.38 Å². The van der Waals surface area contributed by atoms with Gasteiger partial charge in [-0.05, 0) is 39.7 Å². The molecule has 0 fully saturated rings. The van der Waals surface area contributed by atoms with Crippen molar-refractivity contribution in [3.8, 4) is 11.8 Å². The van der Waals surface area contributed by atoms with Crippen LogP contribution in [0.15, 0.2) is 35.2 Å². The summed E-state index contributed by atoms with van der Waals surface area (Å²) in [6, 6.07) is 3.07. The first-order valence-corrected chi connectivity index (χ1v) is 7.57. The van der Waals surface area contributed by atoms with Crippen molar-refractivity contribution in [2.24, 2.45) is 0 Å². The molecule has 2 aromatic heterocycles. The van der Waals surface area contributed by atoms with E-state index in [1.165, 1.54) is 24.5 Å². The topological polar surface area (TPSA) is 60.8 Å². The van der Waals surface area contributed by atoms with E-state index in [2.05, 4.69) is 35.9 Å². The minimum absolute atomic E-state index is 0.0728. The molecule has 1 aromatic carbocycles. The quantitative estimate of drug-likeness (QED) is 0.562. The Hall–Kier alpha value is -1.64. The average Bonchev–Trinajstić information content (AvgIpc) is 2.51. The monoisotopic (exact) mass is 420 g/mol. The van der Waals surface area contributed by atoms with Gasteiger partial charge in [-0.25, -0.2) is 19.9 Å². The van der Waals surface area contributed by atoms with Gasteiger partial charge in [0.2, 0.25) is 5.82 Å². The molecular formula is C13H5BrCl2F2N4O. The van der Waals surface area contributed by atoms with Crippen LogP contribution in [0.25, 0.3) is 10.9 Å². The lowest BCUT2D eigenvalue weighted by molar-refractivity contribution is 0.0849. The molecule has 118 valence electrons. The van der Waals surface area contributed by atoms with Crippen LogP contribution in [0.5, 0.6) is 11.8 Å². The Morgan fingerprint density at radius 1 is 1.09 bits per heavy atom. The van der Waals surface area contributed by atoms with Gasteiger partial charge in [-0.1, -0.05) is 11.6 Å². The maximum Gasteiger partial charge on any atom is 0.381 e. The Kier molecular flexibility index (Phi) is 4.31. The van der Waals surface area contributed by atoms with Crippen LogP contribution in [0.1, 0.15) is 5.82 Å². The Balaban J connectivity index is 2.08. The molecule has 0 aliphatic carbocycles. The molecule has 5 nitrogen and oxygen atoms in total. The normalized spacial score (nSPS) is 11.7. The number of fused-ring (bicyclic) bond motifs is 1. The van der Waals surface area contributed by atoms with Gasteiger partial charge in [0.05, 0.1) is 20.4 Å². The standard InChI is InChI=1S/C13H5BrCl2F2N4O/c14-6-3-20-12(21-4-6)23-9-2-1-8(15)10-7(9)5-19-11(22-10)13(16,17)18/h1-5H. The van der Waals surface area contributed by atoms with Crippen LogP contribution in [0, 0.1) is 0 Å². The second kappa shape index (κ2) is 6.10. The van der Waals surface area contributed by atoms with Gasteiger partial charge in [0, 0.05) is 18.6 Å². The van der Waals surface area contributed by atoms with Gasteiger partial charge in [0.1, 0.15) is 5.75 Å². The summed E-state index contributed by atoms with van der Waals surface area (Å²) in [5.41, 5.74) is 0.0894. The molecule has 2 heterocycles. The van der Waals surface area contributed by atoms with E-state index in [1.54, 1.807) is 0 Å². The summed E-state index contributed by atoms with van der Waals surface area (Å²) in [5.74, 6) is -0.568. The third-order valence-corrected chi connectivity index (χ3v) is 3.60. The van der Waals surface area contributed by atoms with Crippen LogP contribution in [0.2, 0.25) is 5.02 Å². The molecule has 0 aliphatic heterocycles. The minimum Gasteiger partial charge on any atom is -0.424 e. The van der Waals surface area contributed by atoms with E-state index in [0.29, 0.717) is 9.86 Å². The molecule has 3 rings (SSSR count). The molecule has 0 saturated heterocycles. The lowest BCUT2D eigenvalue weighted by atomic mass is 10.2. The number of hydrogen-bond donors (Lipinski definition) is 0. The van der Waals surface area contributed by atoms with Gasteiger partial charge in [-0.2, -0.15) is 8.78 Å². The summed E-state index contributed by atoms with van der Waals surface area (Å²) < 4.78 is 32.5. The van der Waals surface area contributed by atoms with Crippen molar-refractivity contribution in [1.82, 2.24) is 19.9 Å². The maximum atomic E-state index is 13.1. The predicted octanol–water partition coefficient (Wildman–Crippen LogP) is 4.92. The third-order valence-electron chi connectivity index (χ3n) is 2.71. The van der Waals surface area contributed by atoms with Crippen LogP contribution in [0.4, 0.5) is 8.78 Å². The summed E-state index contributed by atoms with van der Waals surface area (Å²) in [6.07, 6.45) is 4.17. The Morgan fingerprint density at radius 3 is 2.43 bits per heavy atom. The molecule has 0 unspecified atom stereocenters. The highest BCUT2D eigenvalue weighted by molar-refractivity contribution is 9.10. The van der Waals surface area contributed by atoms with E-state index < -0.39 is 11.2 Å². The lowest BCUT2D eigenvalue weighted by Gasteiger charge is -2.10. The van der Waals surface area contributed by atoms with Crippen LogP contribution >= 0.6 is 39.1 Å². The van der Waals surface area contributed by atoms with Gasteiger partial charge in [0.15, 0.2) is 0 Å². The number of alkyl halides is 3. The van der Waals surface area contributed by atoms with Crippen molar-refractivity contribution in [2.75, 3.05) is 0 Å². The second-order valence-electron chi connectivity index (χ2n) is 4.29.